The zero-order valence-corrected chi connectivity index (χ0v) is 13.5. The average molecular weight is 310 g/mol. The van der Waals surface area contributed by atoms with Crippen LogP contribution in [0.3, 0.4) is 0 Å². The van der Waals surface area contributed by atoms with Crippen LogP contribution in [0.25, 0.3) is 5.53 Å². The summed E-state index contributed by atoms with van der Waals surface area (Å²) < 4.78 is 47.9. The summed E-state index contributed by atoms with van der Waals surface area (Å²) in [6, 6.07) is 0. The van der Waals surface area contributed by atoms with Crippen molar-refractivity contribution in [1.29, 1.82) is 0 Å². The molecule has 0 rings (SSSR count). The predicted molar refractivity (Wildman–Crippen MR) is 75.2 cm³/mol. The number of rotatable bonds is 6. The van der Waals surface area contributed by atoms with Crippen LogP contribution in [0.15, 0.2) is 0 Å². The van der Waals surface area contributed by atoms with Crippen molar-refractivity contribution in [3.63, 3.8) is 0 Å². The first-order chi connectivity index (χ1) is 8.73. The van der Waals surface area contributed by atoms with Gasteiger partial charge in [-0.1, -0.05) is 27.7 Å². The Morgan fingerprint density at radius 1 is 0.842 bits per heavy atom. The highest BCUT2D eigenvalue weighted by molar-refractivity contribution is 8.31. The highest BCUT2D eigenvalue weighted by Gasteiger charge is 2.47. The van der Waals surface area contributed by atoms with Gasteiger partial charge in [0.15, 0.2) is 0 Å². The van der Waals surface area contributed by atoms with Crippen molar-refractivity contribution in [2.24, 2.45) is 0 Å². The van der Waals surface area contributed by atoms with Crippen molar-refractivity contribution in [2.75, 3.05) is 0 Å². The third-order valence-electron chi connectivity index (χ3n) is 3.27. The summed E-state index contributed by atoms with van der Waals surface area (Å²) in [5, 5.41) is -1.69. The molecule has 6 nitrogen and oxygen atoms in total. The molecular formula is C11H22N2O4S2. The summed E-state index contributed by atoms with van der Waals surface area (Å²) in [6.45, 7) is 6.63. The molecule has 8 heteroatoms. The number of hydrogen-bond acceptors (Lipinski definition) is 4. The Hall–Kier alpha value is -0.720. The molecule has 0 saturated carbocycles. The molecule has 0 unspecified atom stereocenters. The van der Waals surface area contributed by atoms with Crippen LogP contribution in [0.5, 0.6) is 0 Å². The van der Waals surface area contributed by atoms with Crippen LogP contribution in [0.1, 0.15) is 53.4 Å². The van der Waals surface area contributed by atoms with Crippen LogP contribution in [-0.4, -0.2) is 36.5 Å². The number of nitrogens with zero attached hydrogens (tertiary/aromatic N) is 2. The monoisotopic (exact) mass is 310 g/mol. The lowest BCUT2D eigenvalue weighted by Gasteiger charge is -2.14. The van der Waals surface area contributed by atoms with Gasteiger partial charge in [-0.2, -0.15) is 0 Å². The molecule has 0 aromatic heterocycles. The van der Waals surface area contributed by atoms with E-state index in [2.05, 4.69) is 4.79 Å². The van der Waals surface area contributed by atoms with Crippen molar-refractivity contribution in [1.82, 2.24) is 0 Å². The van der Waals surface area contributed by atoms with Crippen LogP contribution in [-0.2, 0) is 19.7 Å². The molecule has 0 aliphatic heterocycles. The quantitative estimate of drug-likeness (QED) is 0.322. The predicted octanol–water partition coefficient (Wildman–Crippen LogP) is 1.78. The van der Waals surface area contributed by atoms with Crippen molar-refractivity contribution in [3.05, 3.63) is 5.53 Å². The smallest absolute Gasteiger partial charge is 0.359 e. The third kappa shape index (κ3) is 3.64. The van der Waals surface area contributed by atoms with Gasteiger partial charge in [0.2, 0.25) is 0 Å². The van der Waals surface area contributed by atoms with E-state index in [0.717, 1.165) is 0 Å². The van der Waals surface area contributed by atoms with Gasteiger partial charge in [0.25, 0.3) is 19.7 Å². The first-order valence-corrected chi connectivity index (χ1v) is 9.52. The largest absolute Gasteiger partial charge is 0.495 e. The van der Waals surface area contributed by atoms with Crippen LogP contribution >= 0.6 is 0 Å². The van der Waals surface area contributed by atoms with Crippen LogP contribution < -0.4 is 0 Å². The van der Waals surface area contributed by atoms with Crippen LogP contribution in [0, 0.1) is 0 Å². The molecule has 0 amide bonds. The molecule has 0 spiro atoms. The van der Waals surface area contributed by atoms with E-state index in [0.29, 0.717) is 0 Å². The summed E-state index contributed by atoms with van der Waals surface area (Å²) in [5.41, 5.74) is 8.91. The second kappa shape index (κ2) is 7.17. The molecule has 0 heterocycles. The van der Waals surface area contributed by atoms with E-state index in [1.807, 2.05) is 0 Å². The summed E-state index contributed by atoms with van der Waals surface area (Å²) >= 11 is 0. The highest BCUT2D eigenvalue weighted by Crippen LogP contribution is 2.20. The Kier molecular flexibility index (Phi) is 6.89. The van der Waals surface area contributed by atoms with Crippen molar-refractivity contribution in [2.45, 2.75) is 63.9 Å². The van der Waals surface area contributed by atoms with E-state index in [9.17, 15) is 16.8 Å². The van der Waals surface area contributed by atoms with E-state index >= 15 is 0 Å². The SMILES string of the molecule is CCC(CC)S(=O)(=O)C(=[N+]=[N-])S(=O)(=O)C(CC)CC. The first kappa shape index (κ1) is 18.3. The van der Waals surface area contributed by atoms with E-state index in [4.69, 9.17) is 5.53 Å². The molecule has 0 aromatic rings. The van der Waals surface area contributed by atoms with E-state index in [1.54, 1.807) is 27.7 Å². The Balaban J connectivity index is 5.93. The van der Waals surface area contributed by atoms with E-state index in [1.165, 1.54) is 0 Å². The third-order valence-corrected chi connectivity index (χ3v) is 8.89. The Morgan fingerprint density at radius 3 is 1.26 bits per heavy atom. The van der Waals surface area contributed by atoms with Gasteiger partial charge in [0.05, 0.1) is 10.5 Å². The summed E-state index contributed by atoms with van der Waals surface area (Å²) in [6.07, 6.45) is 1.10. The lowest BCUT2D eigenvalue weighted by atomic mass is 10.3. The maximum Gasteiger partial charge on any atom is 0.495 e. The molecule has 0 bridgehead atoms. The maximum absolute atomic E-state index is 12.2. The average Bonchev–Trinajstić information content (AvgIpc) is 2.31. The van der Waals surface area contributed by atoms with E-state index < -0.39 is 34.6 Å². The minimum absolute atomic E-state index is 0.274. The lowest BCUT2D eigenvalue weighted by Crippen LogP contribution is -2.38. The number of hydrogen-bond donors (Lipinski definition) is 0. The Morgan fingerprint density at radius 2 is 1.11 bits per heavy atom. The lowest BCUT2D eigenvalue weighted by molar-refractivity contribution is 0.00364. The van der Waals surface area contributed by atoms with Gasteiger partial charge in [-0.25, -0.2) is 16.8 Å². The van der Waals surface area contributed by atoms with Gasteiger partial charge >= 0.3 is 4.38 Å². The molecule has 0 aromatic carbocycles. The summed E-state index contributed by atoms with van der Waals surface area (Å²) in [4.78, 5) is 2.61. The van der Waals surface area contributed by atoms with Gasteiger partial charge in [0.1, 0.15) is 0 Å². The molecule has 0 aliphatic carbocycles. The molecule has 0 N–H and O–H groups in total. The molecule has 0 fully saturated rings. The second-order valence-corrected chi connectivity index (χ2v) is 8.88. The van der Waals surface area contributed by atoms with Gasteiger partial charge < -0.3 is 5.53 Å². The molecule has 0 saturated heterocycles. The molecular weight excluding hydrogens is 288 g/mol. The van der Waals surface area contributed by atoms with Crippen LogP contribution in [0.4, 0.5) is 0 Å². The minimum atomic E-state index is -4.12. The van der Waals surface area contributed by atoms with Crippen molar-refractivity contribution in [3.8, 4) is 0 Å². The van der Waals surface area contributed by atoms with E-state index in [-0.39, 0.29) is 25.7 Å². The van der Waals surface area contributed by atoms with Gasteiger partial charge in [0, 0.05) is 0 Å². The molecule has 0 radical (unpaired) electrons. The summed E-state index contributed by atoms with van der Waals surface area (Å²) in [5.74, 6) is 0. The molecule has 0 aliphatic rings. The molecule has 19 heavy (non-hydrogen) atoms. The van der Waals surface area contributed by atoms with Gasteiger partial charge in [-0.05, 0) is 25.7 Å². The fourth-order valence-electron chi connectivity index (χ4n) is 2.02. The van der Waals surface area contributed by atoms with Crippen molar-refractivity contribution >= 4 is 24.1 Å². The maximum atomic E-state index is 12.2. The fraction of sp³-hybridized carbons (Fsp3) is 0.909. The van der Waals surface area contributed by atoms with Crippen LogP contribution in [0.2, 0.25) is 0 Å². The highest BCUT2D eigenvalue weighted by atomic mass is 32.3. The zero-order valence-electron chi connectivity index (χ0n) is 11.8. The topological polar surface area (TPSA) is 105 Å². The molecule has 112 valence electrons. The standard InChI is InChI=1S/C11H22N2O4S2/c1-5-9(6-2)18(14,15)11(13-12)19(16,17)10(7-3)8-4/h9-10H,5-8H2,1-4H3. The minimum Gasteiger partial charge on any atom is -0.359 e. The summed E-state index contributed by atoms with van der Waals surface area (Å²) in [7, 11) is -8.25. The Bertz CT molecular complexity index is 493. The zero-order chi connectivity index (χ0) is 15.3. The van der Waals surface area contributed by atoms with Crippen molar-refractivity contribution < 1.29 is 21.6 Å². The fourth-order valence-corrected chi connectivity index (χ4v) is 6.68. The second-order valence-electron chi connectivity index (χ2n) is 4.33. The molecule has 0 atom stereocenters. The Labute approximate surface area is 115 Å². The first-order valence-electron chi connectivity index (χ1n) is 6.43. The normalized spacial score (nSPS) is 12.7. The van der Waals surface area contributed by atoms with Gasteiger partial charge in [-0.3, -0.25) is 0 Å². The number of sulfone groups is 2. The van der Waals surface area contributed by atoms with Gasteiger partial charge in [-0.15, -0.1) is 4.79 Å².